The van der Waals surface area contributed by atoms with E-state index in [1.54, 1.807) is 0 Å². The molecule has 2 heterocycles. The summed E-state index contributed by atoms with van der Waals surface area (Å²) in [5, 5.41) is 14.6. The molecule has 7 heteroatoms. The summed E-state index contributed by atoms with van der Waals surface area (Å²) in [7, 11) is 0. The van der Waals surface area contributed by atoms with Crippen molar-refractivity contribution in [2.75, 3.05) is 4.90 Å². The number of aliphatic imine (C=N–C) groups is 1. The summed E-state index contributed by atoms with van der Waals surface area (Å²) >= 11 is 12.7. The molecule has 0 aromatic heterocycles. The van der Waals surface area contributed by atoms with Crippen LogP contribution in [0.3, 0.4) is 0 Å². The lowest BCUT2D eigenvalue weighted by Crippen LogP contribution is -2.58. The zero-order valence-corrected chi connectivity index (χ0v) is 24.7. The number of fused-ring (bicyclic) bond motifs is 2. The van der Waals surface area contributed by atoms with Crippen LogP contribution < -0.4 is 10.2 Å². The van der Waals surface area contributed by atoms with E-state index in [2.05, 4.69) is 73.4 Å². The van der Waals surface area contributed by atoms with E-state index in [4.69, 9.17) is 33.3 Å². The van der Waals surface area contributed by atoms with Gasteiger partial charge in [0.25, 0.3) is 0 Å². The minimum absolute atomic E-state index is 0.0136. The van der Waals surface area contributed by atoms with E-state index in [1.165, 1.54) is 0 Å². The number of allylic oxidation sites excluding steroid dienone is 2. The van der Waals surface area contributed by atoms with Crippen LogP contribution in [0, 0.1) is 11.8 Å². The molecule has 1 saturated heterocycles. The molecule has 1 aliphatic carbocycles. The molecular formula is C33H33Cl2N5. The molecule has 0 saturated carbocycles. The zero-order valence-electron chi connectivity index (χ0n) is 23.2. The van der Waals surface area contributed by atoms with Gasteiger partial charge in [-0.1, -0.05) is 47.5 Å². The van der Waals surface area contributed by atoms with Crippen molar-refractivity contribution in [2.45, 2.75) is 51.6 Å². The molecule has 40 heavy (non-hydrogen) atoms. The molecule has 1 N–H and O–H groups in total. The first-order valence-electron chi connectivity index (χ1n) is 13.7. The second-order valence-electron chi connectivity index (χ2n) is 12.2. The van der Waals surface area contributed by atoms with E-state index in [0.717, 1.165) is 52.7 Å². The summed E-state index contributed by atoms with van der Waals surface area (Å²) in [6, 6.07) is 23.7. The Bertz CT molecular complexity index is 1570. The smallest absolute Gasteiger partial charge is 0.0894 e. The van der Waals surface area contributed by atoms with Crippen molar-refractivity contribution in [3.05, 3.63) is 106 Å². The number of halogens is 2. The van der Waals surface area contributed by atoms with Crippen LogP contribution in [-0.4, -0.2) is 16.8 Å². The fourth-order valence-electron chi connectivity index (χ4n) is 6.61. The third-order valence-corrected chi connectivity index (χ3v) is 8.19. The maximum Gasteiger partial charge on any atom is 0.0894 e. The van der Waals surface area contributed by atoms with Crippen LogP contribution in [0.25, 0.3) is 0 Å². The molecule has 0 bridgehead atoms. The van der Waals surface area contributed by atoms with E-state index < -0.39 is 0 Å². The average Bonchev–Trinajstić information content (AvgIpc) is 2.88. The maximum atomic E-state index is 6.48. The van der Waals surface area contributed by atoms with Crippen molar-refractivity contribution >= 4 is 51.7 Å². The van der Waals surface area contributed by atoms with E-state index in [1.807, 2.05) is 54.6 Å². The topological polar surface area (TPSA) is 52.4 Å². The van der Waals surface area contributed by atoms with Crippen LogP contribution in [0.1, 0.15) is 40.5 Å². The standard InChI is InChI=1S/C33H33Cl2N5/c1-32(2)19-21(20-33(3,4)39-32)26-17-31-29(18-28(26)38-37-24-11-7-9-22(34)15-24)36-27-13-5-6-14-30(27)40(31)25-12-8-10-23(35)16-25/h5-18,21,26,39H,19-20H2,1-4H3. The number of para-hydroxylation sites is 2. The van der Waals surface area contributed by atoms with Crippen LogP contribution in [0.15, 0.2) is 112 Å². The number of piperidine rings is 1. The Morgan fingerprint density at radius 3 is 2.27 bits per heavy atom. The van der Waals surface area contributed by atoms with Crippen LogP contribution in [0.2, 0.25) is 10.0 Å². The van der Waals surface area contributed by atoms with Crippen LogP contribution >= 0.6 is 23.2 Å². The van der Waals surface area contributed by atoms with Gasteiger partial charge in [0.05, 0.1) is 34.2 Å². The summed E-state index contributed by atoms with van der Waals surface area (Å²) < 4.78 is 0. The summed E-state index contributed by atoms with van der Waals surface area (Å²) in [6.45, 7) is 9.15. The number of rotatable bonds is 4. The largest absolute Gasteiger partial charge is 0.307 e. The quantitative estimate of drug-likeness (QED) is 0.318. The van der Waals surface area contributed by atoms with Crippen molar-refractivity contribution in [2.24, 2.45) is 27.1 Å². The number of benzene rings is 3. The van der Waals surface area contributed by atoms with Crippen molar-refractivity contribution in [3.8, 4) is 0 Å². The van der Waals surface area contributed by atoms with Crippen LogP contribution in [0.4, 0.5) is 22.7 Å². The summed E-state index contributed by atoms with van der Waals surface area (Å²) in [5.41, 5.74) is 6.45. The van der Waals surface area contributed by atoms with Gasteiger partial charge in [0.15, 0.2) is 0 Å². The summed E-state index contributed by atoms with van der Waals surface area (Å²) in [6.07, 6.45) is 6.48. The highest BCUT2D eigenvalue weighted by Gasteiger charge is 2.43. The number of anilines is 2. The highest BCUT2D eigenvalue weighted by Crippen LogP contribution is 2.47. The molecule has 2 aliphatic heterocycles. The first-order valence-corrected chi connectivity index (χ1v) is 14.5. The van der Waals surface area contributed by atoms with E-state index >= 15 is 0 Å². The van der Waals surface area contributed by atoms with Crippen molar-refractivity contribution in [3.63, 3.8) is 0 Å². The fraction of sp³-hybridized carbons (Fsp3) is 0.303. The highest BCUT2D eigenvalue weighted by atomic mass is 35.5. The third kappa shape index (κ3) is 5.51. The van der Waals surface area contributed by atoms with Crippen LogP contribution in [0.5, 0.6) is 0 Å². The summed E-state index contributed by atoms with van der Waals surface area (Å²) in [4.78, 5) is 7.36. The first-order chi connectivity index (χ1) is 19.1. The van der Waals surface area contributed by atoms with Gasteiger partial charge >= 0.3 is 0 Å². The Morgan fingerprint density at radius 2 is 1.55 bits per heavy atom. The minimum atomic E-state index is -0.0136. The molecule has 0 spiro atoms. The van der Waals surface area contributed by atoms with Gasteiger partial charge in [-0.3, -0.25) is 0 Å². The number of nitrogens with zero attached hydrogens (tertiary/aromatic N) is 4. The van der Waals surface area contributed by atoms with Crippen molar-refractivity contribution < 1.29 is 0 Å². The Morgan fingerprint density at radius 1 is 0.850 bits per heavy atom. The molecule has 1 unspecified atom stereocenters. The van der Waals surface area contributed by atoms with Gasteiger partial charge in [-0.2, -0.15) is 10.2 Å². The highest BCUT2D eigenvalue weighted by molar-refractivity contribution is 6.31. The maximum absolute atomic E-state index is 6.48. The Balaban J connectivity index is 1.50. The minimum Gasteiger partial charge on any atom is -0.307 e. The van der Waals surface area contributed by atoms with Gasteiger partial charge in [-0.05, 0) is 107 Å². The van der Waals surface area contributed by atoms with Gasteiger partial charge in [0.1, 0.15) is 0 Å². The number of hydrogen-bond acceptors (Lipinski definition) is 5. The summed E-state index contributed by atoms with van der Waals surface area (Å²) in [5.74, 6) is 0.396. The SMILES string of the molecule is CC1(C)CC(C2C=C3C(=Nc4ccccc4N3c3cccc(Cl)c3)C=C2N=Nc2cccc(Cl)c2)CC(C)(C)N1. The molecule has 3 aromatic carbocycles. The predicted octanol–water partition coefficient (Wildman–Crippen LogP) is 9.96. The average molecular weight is 571 g/mol. The lowest BCUT2D eigenvalue weighted by Gasteiger charge is -2.49. The van der Waals surface area contributed by atoms with Crippen LogP contribution in [-0.2, 0) is 0 Å². The second kappa shape index (κ2) is 10.3. The van der Waals surface area contributed by atoms with Gasteiger partial charge in [0, 0.05) is 32.7 Å². The normalized spacial score (nSPS) is 21.8. The predicted molar refractivity (Wildman–Crippen MR) is 167 cm³/mol. The number of nitrogens with one attached hydrogen (secondary N) is 1. The Labute approximate surface area is 246 Å². The molecule has 3 aliphatic rings. The van der Waals surface area contributed by atoms with Gasteiger partial charge < -0.3 is 10.2 Å². The molecule has 6 rings (SSSR count). The lowest BCUT2D eigenvalue weighted by atomic mass is 9.69. The third-order valence-electron chi connectivity index (χ3n) is 7.72. The molecule has 3 aromatic rings. The Hall–Kier alpha value is -3.25. The molecule has 1 fully saturated rings. The second-order valence-corrected chi connectivity index (χ2v) is 13.1. The monoisotopic (exact) mass is 569 g/mol. The molecule has 5 nitrogen and oxygen atoms in total. The van der Waals surface area contributed by atoms with E-state index in [0.29, 0.717) is 16.0 Å². The zero-order chi connectivity index (χ0) is 28.1. The van der Waals surface area contributed by atoms with Crippen molar-refractivity contribution in [1.82, 2.24) is 5.32 Å². The van der Waals surface area contributed by atoms with E-state index in [9.17, 15) is 0 Å². The lowest BCUT2D eigenvalue weighted by molar-refractivity contribution is 0.112. The van der Waals surface area contributed by atoms with Crippen molar-refractivity contribution in [1.29, 1.82) is 0 Å². The first kappa shape index (κ1) is 26.9. The number of hydrogen-bond donors (Lipinski definition) is 1. The Kier molecular flexibility index (Phi) is 6.94. The molecule has 0 radical (unpaired) electrons. The number of azo groups is 1. The van der Waals surface area contributed by atoms with Gasteiger partial charge in [-0.25, -0.2) is 4.99 Å². The molecular weight excluding hydrogens is 537 g/mol. The van der Waals surface area contributed by atoms with Gasteiger partial charge in [0.2, 0.25) is 0 Å². The molecule has 0 amide bonds. The molecule has 1 atom stereocenters. The van der Waals surface area contributed by atoms with Gasteiger partial charge in [-0.15, -0.1) is 0 Å². The van der Waals surface area contributed by atoms with E-state index in [-0.39, 0.29) is 17.0 Å². The molecule has 204 valence electrons. The fourth-order valence-corrected chi connectivity index (χ4v) is 6.98.